The van der Waals surface area contributed by atoms with Gasteiger partial charge in [-0.2, -0.15) is 0 Å². The van der Waals surface area contributed by atoms with Crippen molar-refractivity contribution in [3.05, 3.63) is 0 Å². The maximum atomic E-state index is 11.9. The van der Waals surface area contributed by atoms with Crippen LogP contribution in [0.15, 0.2) is 0 Å². The quantitative estimate of drug-likeness (QED) is 0.747. The molecule has 1 aliphatic heterocycles. The highest BCUT2D eigenvalue weighted by Gasteiger charge is 2.25. The minimum atomic E-state index is -1.11. The Morgan fingerprint density at radius 2 is 2.00 bits per heavy atom. The number of carbonyl (C=O) groups excluding carboxylic acids is 1. The number of hydrogen-bond acceptors (Lipinski definition) is 3. The van der Waals surface area contributed by atoms with E-state index in [4.69, 9.17) is 5.73 Å². The maximum Gasteiger partial charge on any atom is 0.238 e. The SMILES string of the molecule is CC(C(=O)N1CCCCC1)S(=O)CCN. The summed E-state index contributed by atoms with van der Waals surface area (Å²) in [4.78, 5) is 13.7. The topological polar surface area (TPSA) is 63.4 Å². The molecule has 0 spiro atoms. The number of carbonyl (C=O) groups is 1. The minimum absolute atomic E-state index is 0.0292. The number of rotatable bonds is 4. The fraction of sp³-hybridized carbons (Fsp3) is 0.900. The van der Waals surface area contributed by atoms with Crippen LogP contribution in [0.3, 0.4) is 0 Å². The molecular formula is C10H20N2O2S. The molecule has 1 saturated heterocycles. The third kappa shape index (κ3) is 3.57. The molecular weight excluding hydrogens is 212 g/mol. The van der Waals surface area contributed by atoms with Crippen LogP contribution >= 0.6 is 0 Å². The highest BCUT2D eigenvalue weighted by molar-refractivity contribution is 7.86. The number of amides is 1. The first-order chi connectivity index (χ1) is 7.16. The van der Waals surface area contributed by atoms with Crippen LogP contribution in [-0.4, -0.2) is 45.7 Å². The van der Waals surface area contributed by atoms with Crippen molar-refractivity contribution in [2.75, 3.05) is 25.4 Å². The van der Waals surface area contributed by atoms with Crippen LogP contribution in [0.4, 0.5) is 0 Å². The first-order valence-electron chi connectivity index (χ1n) is 5.53. The third-order valence-electron chi connectivity index (χ3n) is 2.73. The van der Waals surface area contributed by atoms with E-state index in [1.165, 1.54) is 6.42 Å². The van der Waals surface area contributed by atoms with Crippen LogP contribution in [0, 0.1) is 0 Å². The van der Waals surface area contributed by atoms with Gasteiger partial charge in [-0.25, -0.2) is 0 Å². The Hall–Kier alpha value is -0.420. The minimum Gasteiger partial charge on any atom is -0.342 e. The summed E-state index contributed by atoms with van der Waals surface area (Å²) in [5.74, 6) is 0.447. The lowest BCUT2D eigenvalue weighted by Crippen LogP contribution is -2.43. The van der Waals surface area contributed by atoms with E-state index in [2.05, 4.69) is 0 Å². The molecule has 2 atom stereocenters. The molecule has 0 bridgehead atoms. The van der Waals surface area contributed by atoms with E-state index in [1.807, 2.05) is 4.90 Å². The van der Waals surface area contributed by atoms with Crippen molar-refractivity contribution in [3.63, 3.8) is 0 Å². The van der Waals surface area contributed by atoms with E-state index in [1.54, 1.807) is 6.92 Å². The lowest BCUT2D eigenvalue weighted by molar-refractivity contribution is -0.131. The van der Waals surface area contributed by atoms with Crippen molar-refractivity contribution in [1.29, 1.82) is 0 Å². The fourth-order valence-electron chi connectivity index (χ4n) is 1.78. The first-order valence-corrected chi connectivity index (χ1v) is 6.91. The smallest absolute Gasteiger partial charge is 0.238 e. The molecule has 0 aromatic carbocycles. The van der Waals surface area contributed by atoms with Gasteiger partial charge in [0.15, 0.2) is 0 Å². The van der Waals surface area contributed by atoms with Crippen molar-refractivity contribution in [3.8, 4) is 0 Å². The molecule has 1 heterocycles. The Morgan fingerprint density at radius 1 is 1.40 bits per heavy atom. The number of piperidine rings is 1. The van der Waals surface area contributed by atoms with Crippen LogP contribution in [-0.2, 0) is 15.6 Å². The van der Waals surface area contributed by atoms with Crippen molar-refractivity contribution in [2.24, 2.45) is 5.73 Å². The summed E-state index contributed by atoms with van der Waals surface area (Å²) in [6.07, 6.45) is 3.34. The third-order valence-corrected chi connectivity index (χ3v) is 4.36. The van der Waals surface area contributed by atoms with E-state index in [9.17, 15) is 9.00 Å². The predicted molar refractivity (Wildman–Crippen MR) is 62.0 cm³/mol. The number of nitrogens with zero attached hydrogens (tertiary/aromatic N) is 1. The molecule has 1 aliphatic rings. The zero-order valence-corrected chi connectivity index (χ0v) is 10.1. The second-order valence-corrected chi connectivity index (χ2v) is 5.78. The van der Waals surface area contributed by atoms with Crippen LogP contribution in [0.5, 0.6) is 0 Å². The first kappa shape index (κ1) is 12.6. The van der Waals surface area contributed by atoms with Crippen molar-refractivity contribution in [1.82, 2.24) is 4.90 Å². The summed E-state index contributed by atoms with van der Waals surface area (Å²) >= 11 is 0. The molecule has 0 aliphatic carbocycles. The zero-order chi connectivity index (χ0) is 11.3. The van der Waals surface area contributed by atoms with Crippen LogP contribution in [0.25, 0.3) is 0 Å². The van der Waals surface area contributed by atoms with Gasteiger partial charge < -0.3 is 10.6 Å². The second-order valence-electron chi connectivity index (χ2n) is 3.90. The van der Waals surface area contributed by atoms with Gasteiger partial charge in [-0.05, 0) is 26.2 Å². The van der Waals surface area contributed by atoms with Gasteiger partial charge in [0.2, 0.25) is 5.91 Å². The summed E-state index contributed by atoms with van der Waals surface area (Å²) in [5, 5.41) is -0.397. The van der Waals surface area contributed by atoms with Gasteiger partial charge in [0.25, 0.3) is 0 Å². The number of nitrogens with two attached hydrogens (primary N) is 1. The predicted octanol–water partition coefficient (Wildman–Crippen LogP) is 0.0948. The average Bonchev–Trinajstić information content (AvgIpc) is 2.28. The van der Waals surface area contributed by atoms with Gasteiger partial charge in [0.1, 0.15) is 5.25 Å². The Labute approximate surface area is 93.7 Å². The summed E-state index contributed by atoms with van der Waals surface area (Å²) in [6.45, 7) is 3.76. The van der Waals surface area contributed by atoms with Crippen molar-refractivity contribution >= 4 is 16.7 Å². The van der Waals surface area contributed by atoms with Crippen LogP contribution in [0.2, 0.25) is 0 Å². The van der Waals surface area contributed by atoms with Gasteiger partial charge in [0.05, 0.1) is 0 Å². The van der Waals surface area contributed by atoms with E-state index in [0.29, 0.717) is 12.3 Å². The molecule has 88 valence electrons. The Morgan fingerprint density at radius 3 is 2.53 bits per heavy atom. The summed E-state index contributed by atoms with van der Waals surface area (Å²) < 4.78 is 11.6. The Kier molecular flexibility index (Phi) is 5.25. The summed E-state index contributed by atoms with van der Waals surface area (Å²) in [6, 6.07) is 0. The van der Waals surface area contributed by atoms with Crippen LogP contribution < -0.4 is 5.73 Å². The zero-order valence-electron chi connectivity index (χ0n) is 9.28. The molecule has 2 N–H and O–H groups in total. The van der Waals surface area contributed by atoms with Crippen molar-refractivity contribution in [2.45, 2.75) is 31.4 Å². The number of likely N-dealkylation sites (tertiary alicyclic amines) is 1. The lowest BCUT2D eigenvalue weighted by atomic mass is 10.1. The second kappa shape index (κ2) is 6.23. The molecule has 1 fully saturated rings. The van der Waals surface area contributed by atoms with E-state index < -0.39 is 16.0 Å². The fourth-order valence-corrected chi connectivity index (χ4v) is 2.74. The van der Waals surface area contributed by atoms with Gasteiger partial charge in [-0.3, -0.25) is 9.00 Å². The van der Waals surface area contributed by atoms with Crippen molar-refractivity contribution < 1.29 is 9.00 Å². The average molecular weight is 232 g/mol. The molecule has 1 rings (SSSR count). The van der Waals surface area contributed by atoms with Gasteiger partial charge in [-0.15, -0.1) is 0 Å². The molecule has 0 saturated carbocycles. The molecule has 0 radical (unpaired) electrons. The molecule has 15 heavy (non-hydrogen) atoms. The van der Waals surface area contributed by atoms with Gasteiger partial charge in [-0.1, -0.05) is 0 Å². The summed E-state index contributed by atoms with van der Waals surface area (Å²) in [5.41, 5.74) is 5.33. The van der Waals surface area contributed by atoms with E-state index in [-0.39, 0.29) is 5.91 Å². The highest BCUT2D eigenvalue weighted by Crippen LogP contribution is 2.11. The molecule has 5 heteroatoms. The molecule has 1 amide bonds. The largest absolute Gasteiger partial charge is 0.342 e. The lowest BCUT2D eigenvalue weighted by Gasteiger charge is -2.28. The van der Waals surface area contributed by atoms with E-state index in [0.717, 1.165) is 25.9 Å². The number of hydrogen-bond donors (Lipinski definition) is 1. The Bertz CT molecular complexity index is 240. The molecule has 4 nitrogen and oxygen atoms in total. The van der Waals surface area contributed by atoms with Gasteiger partial charge in [0, 0.05) is 36.2 Å². The Balaban J connectivity index is 2.47. The molecule has 2 unspecified atom stereocenters. The standard InChI is InChI=1S/C10H20N2O2S/c1-9(15(14)8-5-11)10(13)12-6-3-2-4-7-12/h9H,2-8,11H2,1H3. The van der Waals surface area contributed by atoms with Crippen LogP contribution in [0.1, 0.15) is 26.2 Å². The maximum absolute atomic E-state index is 11.9. The van der Waals surface area contributed by atoms with E-state index >= 15 is 0 Å². The molecule has 0 aromatic heterocycles. The normalized spacial score (nSPS) is 21.1. The monoisotopic (exact) mass is 232 g/mol. The van der Waals surface area contributed by atoms with Gasteiger partial charge >= 0.3 is 0 Å². The summed E-state index contributed by atoms with van der Waals surface area (Å²) in [7, 11) is -1.11. The highest BCUT2D eigenvalue weighted by atomic mass is 32.2. The molecule has 0 aromatic rings.